The summed E-state index contributed by atoms with van der Waals surface area (Å²) >= 11 is 0. The van der Waals surface area contributed by atoms with Gasteiger partial charge < -0.3 is 5.32 Å². The minimum atomic E-state index is 0.834. The van der Waals surface area contributed by atoms with Gasteiger partial charge in [-0.3, -0.25) is 0 Å². The van der Waals surface area contributed by atoms with Crippen molar-refractivity contribution in [2.45, 2.75) is 25.7 Å². The number of rotatable bonds is 2. The highest BCUT2D eigenvalue weighted by Gasteiger charge is 2.17. The summed E-state index contributed by atoms with van der Waals surface area (Å²) in [7, 11) is 1.94. The van der Waals surface area contributed by atoms with Crippen molar-refractivity contribution in [1.29, 1.82) is 0 Å². The van der Waals surface area contributed by atoms with Crippen molar-refractivity contribution in [3.63, 3.8) is 0 Å². The zero-order chi connectivity index (χ0) is 12.4. The SMILES string of the molecule is CNc1nc(-c2ccccc2)nc2c1CCCC2. The molecule has 1 aliphatic carbocycles. The van der Waals surface area contributed by atoms with E-state index in [2.05, 4.69) is 22.4 Å². The van der Waals surface area contributed by atoms with E-state index in [9.17, 15) is 0 Å². The molecule has 1 aromatic heterocycles. The molecular weight excluding hydrogens is 222 g/mol. The monoisotopic (exact) mass is 239 g/mol. The summed E-state index contributed by atoms with van der Waals surface area (Å²) in [6, 6.07) is 10.2. The molecule has 3 rings (SSSR count). The van der Waals surface area contributed by atoms with E-state index >= 15 is 0 Å². The molecule has 0 amide bonds. The van der Waals surface area contributed by atoms with Crippen LogP contribution < -0.4 is 5.32 Å². The van der Waals surface area contributed by atoms with Crippen molar-refractivity contribution >= 4 is 5.82 Å². The fourth-order valence-electron chi connectivity index (χ4n) is 2.52. The van der Waals surface area contributed by atoms with Crippen molar-refractivity contribution < 1.29 is 0 Å². The standard InChI is InChI=1S/C15H17N3/c1-16-15-12-9-5-6-10-13(12)17-14(18-15)11-7-3-2-4-8-11/h2-4,7-8H,5-6,9-10H2,1H3,(H,16,17,18). The number of aromatic nitrogens is 2. The Labute approximate surface area is 107 Å². The van der Waals surface area contributed by atoms with Crippen LogP contribution in [0, 0.1) is 0 Å². The Kier molecular flexibility index (Phi) is 2.97. The van der Waals surface area contributed by atoms with Crippen LogP contribution in [0.5, 0.6) is 0 Å². The third-order valence-electron chi connectivity index (χ3n) is 3.45. The van der Waals surface area contributed by atoms with Crippen molar-refractivity contribution in [3.8, 4) is 11.4 Å². The van der Waals surface area contributed by atoms with Crippen molar-refractivity contribution in [3.05, 3.63) is 41.6 Å². The highest BCUT2D eigenvalue weighted by Crippen LogP contribution is 2.27. The second kappa shape index (κ2) is 4.77. The van der Waals surface area contributed by atoms with Gasteiger partial charge >= 0.3 is 0 Å². The summed E-state index contributed by atoms with van der Waals surface area (Å²) in [5.41, 5.74) is 3.62. The Morgan fingerprint density at radius 2 is 1.78 bits per heavy atom. The molecule has 0 fully saturated rings. The lowest BCUT2D eigenvalue weighted by Gasteiger charge is -2.18. The molecule has 0 spiro atoms. The fraction of sp³-hybridized carbons (Fsp3) is 0.333. The van der Waals surface area contributed by atoms with Crippen LogP contribution in [0.25, 0.3) is 11.4 Å². The first-order chi connectivity index (χ1) is 8.88. The third kappa shape index (κ3) is 1.96. The van der Waals surface area contributed by atoms with E-state index in [0.29, 0.717) is 0 Å². The molecule has 0 atom stereocenters. The van der Waals surface area contributed by atoms with Gasteiger partial charge in [0, 0.05) is 23.9 Å². The fourth-order valence-corrected chi connectivity index (χ4v) is 2.52. The highest BCUT2D eigenvalue weighted by atomic mass is 15.0. The smallest absolute Gasteiger partial charge is 0.161 e. The summed E-state index contributed by atoms with van der Waals surface area (Å²) in [5.74, 6) is 1.83. The molecule has 18 heavy (non-hydrogen) atoms. The van der Waals surface area contributed by atoms with E-state index in [1.165, 1.54) is 24.1 Å². The maximum atomic E-state index is 4.74. The van der Waals surface area contributed by atoms with Gasteiger partial charge in [0.15, 0.2) is 5.82 Å². The zero-order valence-electron chi connectivity index (χ0n) is 10.6. The lowest BCUT2D eigenvalue weighted by Crippen LogP contribution is -2.11. The van der Waals surface area contributed by atoms with Crippen LogP contribution in [0.3, 0.4) is 0 Å². The minimum absolute atomic E-state index is 0.834. The molecule has 1 aliphatic rings. The number of nitrogens with zero attached hydrogens (tertiary/aromatic N) is 2. The Hall–Kier alpha value is -1.90. The summed E-state index contributed by atoms with van der Waals surface area (Å²) in [6.45, 7) is 0. The van der Waals surface area contributed by atoms with Crippen LogP contribution in [0.2, 0.25) is 0 Å². The topological polar surface area (TPSA) is 37.8 Å². The van der Waals surface area contributed by atoms with Gasteiger partial charge in [0.2, 0.25) is 0 Å². The lowest BCUT2D eigenvalue weighted by atomic mass is 9.96. The lowest BCUT2D eigenvalue weighted by molar-refractivity contribution is 0.665. The summed E-state index contributed by atoms with van der Waals surface area (Å²) < 4.78 is 0. The summed E-state index contributed by atoms with van der Waals surface area (Å²) in [5, 5.41) is 3.21. The molecule has 3 nitrogen and oxygen atoms in total. The van der Waals surface area contributed by atoms with Gasteiger partial charge in [-0.15, -0.1) is 0 Å². The molecule has 0 bridgehead atoms. The first kappa shape index (κ1) is 11.2. The second-order valence-electron chi connectivity index (χ2n) is 4.64. The van der Waals surface area contributed by atoms with Gasteiger partial charge in [0.25, 0.3) is 0 Å². The maximum Gasteiger partial charge on any atom is 0.161 e. The number of aryl methyl sites for hydroxylation is 1. The Morgan fingerprint density at radius 1 is 1.00 bits per heavy atom. The van der Waals surface area contributed by atoms with Crippen LogP contribution in [-0.2, 0) is 12.8 Å². The van der Waals surface area contributed by atoms with Crippen molar-refractivity contribution in [2.24, 2.45) is 0 Å². The highest BCUT2D eigenvalue weighted by molar-refractivity contribution is 5.60. The molecule has 2 aromatic rings. The first-order valence-corrected chi connectivity index (χ1v) is 6.51. The molecule has 3 heteroatoms. The third-order valence-corrected chi connectivity index (χ3v) is 3.45. The molecule has 0 aliphatic heterocycles. The van der Waals surface area contributed by atoms with E-state index < -0.39 is 0 Å². The predicted molar refractivity (Wildman–Crippen MR) is 73.7 cm³/mol. The Bertz CT molecular complexity index is 532. The van der Waals surface area contributed by atoms with Gasteiger partial charge in [0.1, 0.15) is 5.82 Å². The van der Waals surface area contributed by atoms with Gasteiger partial charge in [0.05, 0.1) is 0 Å². The molecule has 1 heterocycles. The molecule has 92 valence electrons. The van der Waals surface area contributed by atoms with E-state index in [4.69, 9.17) is 4.98 Å². The number of fused-ring (bicyclic) bond motifs is 1. The van der Waals surface area contributed by atoms with E-state index in [1.807, 2.05) is 25.2 Å². The van der Waals surface area contributed by atoms with Crippen LogP contribution in [0.1, 0.15) is 24.1 Å². The number of hydrogen-bond acceptors (Lipinski definition) is 3. The number of benzene rings is 1. The molecule has 0 saturated heterocycles. The summed E-state index contributed by atoms with van der Waals surface area (Å²) in [4.78, 5) is 9.39. The van der Waals surface area contributed by atoms with Crippen molar-refractivity contribution in [1.82, 2.24) is 9.97 Å². The zero-order valence-corrected chi connectivity index (χ0v) is 10.6. The maximum absolute atomic E-state index is 4.74. The molecule has 0 unspecified atom stereocenters. The average Bonchev–Trinajstić information content (AvgIpc) is 2.47. The molecule has 1 aromatic carbocycles. The van der Waals surface area contributed by atoms with Crippen LogP contribution in [0.15, 0.2) is 30.3 Å². The van der Waals surface area contributed by atoms with Gasteiger partial charge in [-0.05, 0) is 25.7 Å². The number of nitrogens with one attached hydrogen (secondary N) is 1. The second-order valence-corrected chi connectivity index (χ2v) is 4.64. The number of hydrogen-bond donors (Lipinski definition) is 1. The Morgan fingerprint density at radius 3 is 2.56 bits per heavy atom. The summed E-state index contributed by atoms with van der Waals surface area (Å²) in [6.07, 6.45) is 4.66. The Balaban J connectivity index is 2.12. The predicted octanol–water partition coefficient (Wildman–Crippen LogP) is 3.06. The van der Waals surface area contributed by atoms with E-state index in [0.717, 1.165) is 30.0 Å². The van der Waals surface area contributed by atoms with E-state index in [-0.39, 0.29) is 0 Å². The molecule has 1 N–H and O–H groups in total. The van der Waals surface area contributed by atoms with Gasteiger partial charge in [-0.2, -0.15) is 0 Å². The molecular formula is C15H17N3. The average molecular weight is 239 g/mol. The minimum Gasteiger partial charge on any atom is -0.373 e. The normalized spacial score (nSPS) is 14.1. The quantitative estimate of drug-likeness (QED) is 0.875. The molecule has 0 saturated carbocycles. The van der Waals surface area contributed by atoms with Crippen LogP contribution in [-0.4, -0.2) is 17.0 Å². The first-order valence-electron chi connectivity index (χ1n) is 6.51. The van der Waals surface area contributed by atoms with Gasteiger partial charge in [-0.25, -0.2) is 9.97 Å². The van der Waals surface area contributed by atoms with Gasteiger partial charge in [-0.1, -0.05) is 30.3 Å². The van der Waals surface area contributed by atoms with Crippen LogP contribution >= 0.6 is 0 Å². The van der Waals surface area contributed by atoms with E-state index in [1.54, 1.807) is 0 Å². The van der Waals surface area contributed by atoms with Crippen molar-refractivity contribution in [2.75, 3.05) is 12.4 Å². The van der Waals surface area contributed by atoms with Crippen LogP contribution in [0.4, 0.5) is 5.82 Å². The molecule has 0 radical (unpaired) electrons. The largest absolute Gasteiger partial charge is 0.373 e. The number of anilines is 1.